The van der Waals surface area contributed by atoms with Crippen molar-refractivity contribution < 1.29 is 12.9 Å². The molecule has 8 heteroatoms. The van der Waals surface area contributed by atoms with Crippen LogP contribution < -0.4 is 0 Å². The minimum atomic E-state index is -3.70. The molecule has 0 saturated heterocycles. The predicted molar refractivity (Wildman–Crippen MR) is 107 cm³/mol. The summed E-state index contributed by atoms with van der Waals surface area (Å²) in [6, 6.07) is 19.6. The standard InChI is InChI=1S/C20H16ClN3O3S/c1-24(13-19-22-20(23-27-19)15-6-9-17(21)10-7-15)28(25,26)18-11-8-14-4-2-3-5-16(14)12-18/h2-12H,13H2,1H3. The maximum absolute atomic E-state index is 12.9. The summed E-state index contributed by atoms with van der Waals surface area (Å²) < 4.78 is 32.2. The molecule has 0 radical (unpaired) electrons. The highest BCUT2D eigenvalue weighted by Gasteiger charge is 2.23. The topological polar surface area (TPSA) is 76.3 Å². The molecule has 0 amide bonds. The summed E-state index contributed by atoms with van der Waals surface area (Å²) in [7, 11) is -2.22. The van der Waals surface area contributed by atoms with Crippen molar-refractivity contribution in [2.45, 2.75) is 11.4 Å². The first-order chi connectivity index (χ1) is 13.4. The second-order valence-electron chi connectivity index (χ2n) is 6.29. The van der Waals surface area contributed by atoms with Gasteiger partial charge in [0.2, 0.25) is 21.7 Å². The van der Waals surface area contributed by atoms with Gasteiger partial charge in [0.05, 0.1) is 11.4 Å². The average molecular weight is 414 g/mol. The minimum Gasteiger partial charge on any atom is -0.338 e. The molecular weight excluding hydrogens is 398 g/mol. The van der Waals surface area contributed by atoms with Crippen molar-refractivity contribution in [2.75, 3.05) is 7.05 Å². The fourth-order valence-electron chi connectivity index (χ4n) is 2.82. The van der Waals surface area contributed by atoms with Gasteiger partial charge in [-0.25, -0.2) is 8.42 Å². The number of sulfonamides is 1. The van der Waals surface area contributed by atoms with Gasteiger partial charge in [0.25, 0.3) is 0 Å². The highest BCUT2D eigenvalue weighted by molar-refractivity contribution is 7.89. The van der Waals surface area contributed by atoms with Gasteiger partial charge in [0.1, 0.15) is 0 Å². The Labute approximate surface area is 167 Å². The van der Waals surface area contributed by atoms with E-state index in [0.717, 1.165) is 16.3 Å². The van der Waals surface area contributed by atoms with Crippen LogP contribution in [0.15, 0.2) is 76.1 Å². The van der Waals surface area contributed by atoms with Crippen molar-refractivity contribution in [2.24, 2.45) is 0 Å². The fourth-order valence-corrected chi connectivity index (χ4v) is 4.10. The van der Waals surface area contributed by atoms with E-state index in [9.17, 15) is 8.42 Å². The molecule has 28 heavy (non-hydrogen) atoms. The molecule has 0 aliphatic rings. The van der Waals surface area contributed by atoms with Crippen molar-refractivity contribution in [3.05, 3.63) is 77.6 Å². The van der Waals surface area contributed by atoms with Crippen LogP contribution in [0.5, 0.6) is 0 Å². The molecule has 0 aliphatic carbocycles. The summed E-state index contributed by atoms with van der Waals surface area (Å²) >= 11 is 5.88. The highest BCUT2D eigenvalue weighted by atomic mass is 35.5. The van der Waals surface area contributed by atoms with Crippen molar-refractivity contribution in [3.8, 4) is 11.4 Å². The van der Waals surface area contributed by atoms with Crippen molar-refractivity contribution in [1.82, 2.24) is 14.4 Å². The summed E-state index contributed by atoms with van der Waals surface area (Å²) in [6.07, 6.45) is 0. The van der Waals surface area contributed by atoms with Crippen molar-refractivity contribution >= 4 is 32.4 Å². The summed E-state index contributed by atoms with van der Waals surface area (Å²) in [6.45, 7) is -0.0320. The average Bonchev–Trinajstić information content (AvgIpc) is 3.16. The quantitative estimate of drug-likeness (QED) is 0.485. The van der Waals surface area contributed by atoms with E-state index in [-0.39, 0.29) is 17.3 Å². The number of hydrogen-bond donors (Lipinski definition) is 0. The number of nitrogens with zero attached hydrogens (tertiary/aromatic N) is 3. The molecule has 4 aromatic rings. The number of halogens is 1. The normalized spacial score (nSPS) is 12.0. The zero-order valence-corrected chi connectivity index (χ0v) is 16.5. The van der Waals surface area contributed by atoms with Crippen LogP contribution in [0.4, 0.5) is 0 Å². The maximum atomic E-state index is 12.9. The second kappa shape index (κ2) is 7.35. The number of benzene rings is 3. The van der Waals surface area contributed by atoms with E-state index >= 15 is 0 Å². The van der Waals surface area contributed by atoms with Gasteiger partial charge in [-0.2, -0.15) is 9.29 Å². The highest BCUT2D eigenvalue weighted by Crippen LogP contribution is 2.23. The molecular formula is C20H16ClN3O3S. The molecule has 0 aliphatic heterocycles. The van der Waals surface area contributed by atoms with Crippen molar-refractivity contribution in [1.29, 1.82) is 0 Å². The van der Waals surface area contributed by atoms with Crippen LogP contribution >= 0.6 is 11.6 Å². The van der Waals surface area contributed by atoms with E-state index < -0.39 is 10.0 Å². The van der Waals surface area contributed by atoms with E-state index in [2.05, 4.69) is 10.1 Å². The third-order valence-electron chi connectivity index (χ3n) is 4.36. The molecule has 1 heterocycles. The van der Waals surface area contributed by atoms with Crippen LogP contribution in [-0.2, 0) is 16.6 Å². The van der Waals surface area contributed by atoms with Gasteiger partial charge in [-0.15, -0.1) is 0 Å². The molecule has 0 N–H and O–H groups in total. The lowest BCUT2D eigenvalue weighted by Gasteiger charge is -2.15. The molecule has 0 bridgehead atoms. The van der Waals surface area contributed by atoms with Gasteiger partial charge < -0.3 is 4.52 Å². The van der Waals surface area contributed by atoms with Crippen molar-refractivity contribution in [3.63, 3.8) is 0 Å². The van der Waals surface area contributed by atoms with Crippen LogP contribution in [-0.4, -0.2) is 29.9 Å². The lowest BCUT2D eigenvalue weighted by Crippen LogP contribution is -2.26. The Hall–Kier alpha value is -2.74. The molecule has 1 aromatic heterocycles. The third kappa shape index (κ3) is 3.64. The smallest absolute Gasteiger partial charge is 0.243 e. The molecule has 3 aromatic carbocycles. The van der Waals surface area contributed by atoms with Gasteiger partial charge in [-0.05, 0) is 47.2 Å². The lowest BCUT2D eigenvalue weighted by molar-refractivity contribution is 0.337. The van der Waals surface area contributed by atoms with E-state index in [1.165, 1.54) is 11.4 Å². The number of rotatable bonds is 5. The zero-order chi connectivity index (χ0) is 19.7. The Balaban J connectivity index is 1.56. The Kier molecular flexibility index (Phi) is 4.89. The number of hydrogen-bond acceptors (Lipinski definition) is 5. The lowest BCUT2D eigenvalue weighted by atomic mass is 10.1. The van der Waals surface area contributed by atoms with Crippen LogP contribution in [0.3, 0.4) is 0 Å². The summed E-state index contributed by atoms with van der Waals surface area (Å²) in [4.78, 5) is 4.49. The molecule has 0 fully saturated rings. The molecule has 0 atom stereocenters. The number of fused-ring (bicyclic) bond motifs is 1. The zero-order valence-electron chi connectivity index (χ0n) is 14.9. The Bertz CT molecular complexity index is 1240. The molecule has 142 valence electrons. The maximum Gasteiger partial charge on any atom is 0.243 e. The monoisotopic (exact) mass is 413 g/mol. The Morgan fingerprint density at radius 3 is 2.46 bits per heavy atom. The largest absolute Gasteiger partial charge is 0.338 e. The van der Waals surface area contributed by atoms with E-state index in [0.29, 0.717) is 10.8 Å². The van der Waals surface area contributed by atoms with Gasteiger partial charge >= 0.3 is 0 Å². The molecule has 4 rings (SSSR count). The van der Waals surface area contributed by atoms with Crippen LogP contribution in [0, 0.1) is 0 Å². The minimum absolute atomic E-state index is 0.0320. The van der Waals surface area contributed by atoms with Crippen LogP contribution in [0.25, 0.3) is 22.2 Å². The molecule has 0 unspecified atom stereocenters. The Morgan fingerprint density at radius 2 is 1.71 bits per heavy atom. The fraction of sp³-hybridized carbons (Fsp3) is 0.100. The summed E-state index contributed by atoms with van der Waals surface area (Å²) in [5.74, 6) is 0.583. The summed E-state index contributed by atoms with van der Waals surface area (Å²) in [5.41, 5.74) is 0.736. The van der Waals surface area contributed by atoms with Gasteiger partial charge in [-0.1, -0.05) is 47.1 Å². The van der Waals surface area contributed by atoms with Crippen LogP contribution in [0.2, 0.25) is 5.02 Å². The molecule has 0 spiro atoms. The SMILES string of the molecule is CN(Cc1nc(-c2ccc(Cl)cc2)no1)S(=O)(=O)c1ccc2ccccc2c1. The third-order valence-corrected chi connectivity index (χ3v) is 6.41. The molecule has 6 nitrogen and oxygen atoms in total. The first-order valence-corrected chi connectivity index (χ1v) is 10.3. The first-order valence-electron chi connectivity index (χ1n) is 8.47. The van der Waals surface area contributed by atoms with Gasteiger partial charge in [0, 0.05) is 17.6 Å². The van der Waals surface area contributed by atoms with Crippen LogP contribution in [0.1, 0.15) is 5.89 Å². The van der Waals surface area contributed by atoms with E-state index in [1.807, 2.05) is 24.3 Å². The van der Waals surface area contributed by atoms with E-state index in [1.54, 1.807) is 42.5 Å². The Morgan fingerprint density at radius 1 is 1.00 bits per heavy atom. The van der Waals surface area contributed by atoms with Gasteiger partial charge in [-0.3, -0.25) is 0 Å². The van der Waals surface area contributed by atoms with E-state index in [4.69, 9.17) is 16.1 Å². The second-order valence-corrected chi connectivity index (χ2v) is 8.77. The summed E-state index contributed by atoms with van der Waals surface area (Å²) in [5, 5.41) is 6.36. The molecule has 0 saturated carbocycles. The number of aromatic nitrogens is 2. The first kappa shape index (κ1) is 18.6. The predicted octanol–water partition coefficient (Wildman–Crippen LogP) is 4.36. The van der Waals surface area contributed by atoms with Gasteiger partial charge in [0.15, 0.2) is 0 Å².